The van der Waals surface area contributed by atoms with Crippen LogP contribution in [0.1, 0.15) is 34.1 Å². The molecule has 0 aromatic carbocycles. The number of hydrogen-bond donors (Lipinski definition) is 1. The third-order valence-corrected chi connectivity index (χ3v) is 6.20. The van der Waals surface area contributed by atoms with E-state index in [9.17, 15) is 14.7 Å². The lowest BCUT2D eigenvalue weighted by atomic mass is 9.67. The average molecular weight is 346 g/mol. The molecule has 2 fully saturated rings. The Bertz CT molecular complexity index is 779. The minimum Gasteiger partial charge on any atom is -0.479 e. The van der Waals surface area contributed by atoms with Crippen LogP contribution >= 0.6 is 0 Å². The Balaban J connectivity index is 1.90. The fourth-order valence-corrected chi connectivity index (χ4v) is 4.64. The highest BCUT2D eigenvalue weighted by atomic mass is 16.7. The van der Waals surface area contributed by atoms with Crippen molar-refractivity contribution in [3.63, 3.8) is 0 Å². The lowest BCUT2D eigenvalue weighted by molar-refractivity contribution is -0.219. The van der Waals surface area contributed by atoms with Crippen LogP contribution < -0.4 is 0 Å². The van der Waals surface area contributed by atoms with Crippen molar-refractivity contribution < 1.29 is 28.9 Å². The molecular weight excluding hydrogens is 324 g/mol. The number of hydrogen-bond acceptors (Lipinski definition) is 6. The van der Waals surface area contributed by atoms with E-state index in [1.165, 1.54) is 6.08 Å². The zero-order valence-electron chi connectivity index (χ0n) is 14.8. The normalized spacial score (nSPS) is 47.8. The molecule has 2 saturated heterocycles. The molecule has 4 heterocycles. The van der Waals surface area contributed by atoms with Gasteiger partial charge in [0.2, 0.25) is 11.6 Å². The third kappa shape index (κ3) is 1.81. The van der Waals surface area contributed by atoms with Gasteiger partial charge in [0.25, 0.3) is 0 Å². The Labute approximate surface area is 146 Å². The maximum absolute atomic E-state index is 12.7. The van der Waals surface area contributed by atoms with Crippen molar-refractivity contribution in [2.45, 2.75) is 57.7 Å². The highest BCUT2D eigenvalue weighted by molar-refractivity contribution is 6.00. The average Bonchev–Trinajstić information content (AvgIpc) is 3.03. The number of ketones is 1. The van der Waals surface area contributed by atoms with Gasteiger partial charge in [-0.15, -0.1) is 0 Å². The smallest absolute Gasteiger partial charge is 0.318 e. The number of allylic oxidation sites excluding steroid dienone is 1. The van der Waals surface area contributed by atoms with Gasteiger partial charge in [-0.2, -0.15) is 0 Å². The number of carbonyl (C=O) groups is 2. The van der Waals surface area contributed by atoms with E-state index in [4.69, 9.17) is 14.2 Å². The molecule has 4 aliphatic rings. The van der Waals surface area contributed by atoms with Crippen molar-refractivity contribution in [1.29, 1.82) is 0 Å². The SMILES string of the molecule is C=C(C)[C@@]1(O)O[C@H]2C[C@@]3(C)OC(=CC3=O)C(C)=C[C@@H]3OC(=O)[C@@]1(C)[C@H]32. The topological polar surface area (TPSA) is 82.1 Å². The Morgan fingerprint density at radius 3 is 2.68 bits per heavy atom. The van der Waals surface area contributed by atoms with Crippen LogP contribution in [0.25, 0.3) is 0 Å². The molecule has 0 aromatic heterocycles. The fourth-order valence-electron chi connectivity index (χ4n) is 4.64. The van der Waals surface area contributed by atoms with Crippen LogP contribution in [0.3, 0.4) is 0 Å². The summed E-state index contributed by atoms with van der Waals surface area (Å²) in [5, 5.41) is 11.2. The second kappa shape index (κ2) is 4.62. The van der Waals surface area contributed by atoms with Gasteiger partial charge >= 0.3 is 5.97 Å². The molecule has 2 bridgehead atoms. The molecule has 134 valence electrons. The van der Waals surface area contributed by atoms with Crippen LogP contribution in [0, 0.1) is 11.3 Å². The molecule has 0 aromatic rings. The third-order valence-electron chi connectivity index (χ3n) is 6.20. The fraction of sp³-hybridized carbons (Fsp3) is 0.579. The van der Waals surface area contributed by atoms with Gasteiger partial charge in [0.15, 0.2) is 5.60 Å². The number of ether oxygens (including phenoxy) is 3. The minimum atomic E-state index is -1.84. The number of fused-ring (bicyclic) bond motifs is 2. The van der Waals surface area contributed by atoms with Gasteiger partial charge in [-0.25, -0.2) is 0 Å². The van der Waals surface area contributed by atoms with Crippen molar-refractivity contribution in [2.75, 3.05) is 0 Å². The molecule has 0 radical (unpaired) electrons. The van der Waals surface area contributed by atoms with E-state index in [0.717, 1.165) is 5.57 Å². The molecule has 6 nitrogen and oxygen atoms in total. The van der Waals surface area contributed by atoms with Crippen LogP contribution in [0.15, 0.2) is 35.6 Å². The van der Waals surface area contributed by atoms with E-state index in [2.05, 4.69) is 6.58 Å². The highest BCUT2D eigenvalue weighted by Crippen LogP contribution is 2.60. The van der Waals surface area contributed by atoms with Crippen LogP contribution in [0.5, 0.6) is 0 Å². The monoisotopic (exact) mass is 346 g/mol. The van der Waals surface area contributed by atoms with Gasteiger partial charge in [-0.3, -0.25) is 9.59 Å². The van der Waals surface area contributed by atoms with Gasteiger partial charge in [-0.05, 0) is 44.9 Å². The van der Waals surface area contributed by atoms with Gasteiger partial charge in [0.1, 0.15) is 17.3 Å². The molecule has 4 rings (SSSR count). The first kappa shape index (κ1) is 16.5. The van der Waals surface area contributed by atoms with E-state index >= 15 is 0 Å². The zero-order valence-corrected chi connectivity index (χ0v) is 14.8. The molecule has 6 heteroatoms. The molecule has 6 atom stereocenters. The van der Waals surface area contributed by atoms with E-state index in [1.54, 1.807) is 26.8 Å². The summed E-state index contributed by atoms with van der Waals surface area (Å²) in [5.41, 5.74) is -1.31. The predicted molar refractivity (Wildman–Crippen MR) is 87.1 cm³/mol. The number of rotatable bonds is 1. The summed E-state index contributed by atoms with van der Waals surface area (Å²) in [7, 11) is 0. The van der Waals surface area contributed by atoms with Gasteiger partial charge in [0.05, 0.1) is 6.10 Å². The van der Waals surface area contributed by atoms with Gasteiger partial charge in [-0.1, -0.05) is 6.58 Å². The Morgan fingerprint density at radius 1 is 1.36 bits per heavy atom. The summed E-state index contributed by atoms with van der Waals surface area (Å²) >= 11 is 0. The second-order valence-corrected chi connectivity index (χ2v) is 7.94. The summed E-state index contributed by atoms with van der Waals surface area (Å²) in [5.74, 6) is -2.45. The van der Waals surface area contributed by atoms with Crippen molar-refractivity contribution in [3.05, 3.63) is 35.6 Å². The Hall–Kier alpha value is -1.92. The van der Waals surface area contributed by atoms with Crippen molar-refractivity contribution in [2.24, 2.45) is 11.3 Å². The van der Waals surface area contributed by atoms with E-state index in [0.29, 0.717) is 11.3 Å². The summed E-state index contributed by atoms with van der Waals surface area (Å²) < 4.78 is 17.5. The molecule has 1 N–H and O–H groups in total. The lowest BCUT2D eigenvalue weighted by Crippen LogP contribution is -2.49. The summed E-state index contributed by atoms with van der Waals surface area (Å²) in [4.78, 5) is 25.2. The quantitative estimate of drug-likeness (QED) is 0.576. The molecule has 0 aliphatic carbocycles. The Kier molecular flexibility index (Phi) is 3.06. The Morgan fingerprint density at radius 2 is 2.04 bits per heavy atom. The molecule has 4 aliphatic heterocycles. The maximum Gasteiger partial charge on any atom is 0.318 e. The first-order valence-corrected chi connectivity index (χ1v) is 8.44. The summed E-state index contributed by atoms with van der Waals surface area (Å²) in [6.45, 7) is 10.6. The highest BCUT2D eigenvalue weighted by Gasteiger charge is 2.74. The number of esters is 1. The van der Waals surface area contributed by atoms with Gasteiger partial charge < -0.3 is 19.3 Å². The molecule has 0 amide bonds. The van der Waals surface area contributed by atoms with Crippen molar-refractivity contribution in [1.82, 2.24) is 0 Å². The van der Waals surface area contributed by atoms with E-state index in [-0.39, 0.29) is 12.2 Å². The van der Waals surface area contributed by atoms with Crippen LogP contribution in [0.4, 0.5) is 0 Å². The molecule has 25 heavy (non-hydrogen) atoms. The second-order valence-electron chi connectivity index (χ2n) is 7.94. The molecule has 0 unspecified atom stereocenters. The van der Waals surface area contributed by atoms with Gasteiger partial charge in [0, 0.05) is 18.4 Å². The molecule has 0 saturated carbocycles. The summed E-state index contributed by atoms with van der Waals surface area (Å²) in [6, 6.07) is 0. The maximum atomic E-state index is 12.7. The molecular formula is C19H22O6. The molecule has 0 spiro atoms. The lowest BCUT2D eigenvalue weighted by Gasteiger charge is -2.34. The summed E-state index contributed by atoms with van der Waals surface area (Å²) in [6.07, 6.45) is 2.33. The largest absolute Gasteiger partial charge is 0.479 e. The standard InChI is InChI=1S/C19H22O6/c1-9(2)19(22)18(5)15-12(23-16(18)21)6-10(3)11-7-14(20)17(4,24-11)8-13(15)25-19/h6-7,12-13,15,22H,1,8H2,2-5H3/t12-,13-,15+,17+,18+,19+/m0/s1. The first-order valence-electron chi connectivity index (χ1n) is 8.44. The van der Waals surface area contributed by atoms with Crippen LogP contribution in [-0.2, 0) is 23.8 Å². The van der Waals surface area contributed by atoms with Crippen LogP contribution in [0.2, 0.25) is 0 Å². The number of aliphatic hydroxyl groups is 1. The van der Waals surface area contributed by atoms with Crippen LogP contribution in [-0.4, -0.2) is 40.5 Å². The van der Waals surface area contributed by atoms with E-state index < -0.39 is 40.9 Å². The first-order chi connectivity index (χ1) is 11.5. The predicted octanol–water partition coefficient (Wildman–Crippen LogP) is 1.79. The van der Waals surface area contributed by atoms with Crippen molar-refractivity contribution >= 4 is 11.8 Å². The van der Waals surface area contributed by atoms with Crippen molar-refractivity contribution in [3.8, 4) is 0 Å². The minimum absolute atomic E-state index is 0.144. The van der Waals surface area contributed by atoms with E-state index in [1.807, 2.05) is 6.92 Å². The zero-order chi connectivity index (χ0) is 18.4. The number of carbonyl (C=O) groups excluding carboxylic acids is 2.